The average Bonchev–Trinajstić information content (AvgIpc) is 1.69. The second-order valence-corrected chi connectivity index (χ2v) is 2.99. The summed E-state index contributed by atoms with van der Waals surface area (Å²) in [5.74, 6) is 1.17. The van der Waals surface area contributed by atoms with Crippen LogP contribution in [0.4, 0.5) is 0 Å². The summed E-state index contributed by atoms with van der Waals surface area (Å²) in [5, 5.41) is 3.98. The van der Waals surface area contributed by atoms with E-state index in [1.807, 2.05) is 18.8 Å². The monoisotopic (exact) mass is 137 g/mol. The van der Waals surface area contributed by atoms with Crippen molar-refractivity contribution in [1.29, 1.82) is 0 Å². The van der Waals surface area contributed by atoms with Gasteiger partial charge in [0.15, 0.2) is 0 Å². The molecule has 1 nitrogen and oxygen atoms in total. The smallest absolute Gasteiger partial charge is 0.0362 e. The SMILES string of the molecule is CNCCSCS. The van der Waals surface area contributed by atoms with Crippen LogP contribution in [-0.2, 0) is 0 Å². The van der Waals surface area contributed by atoms with Gasteiger partial charge in [0.2, 0.25) is 0 Å². The molecule has 0 aromatic heterocycles. The van der Waals surface area contributed by atoms with Gasteiger partial charge in [-0.1, -0.05) is 0 Å². The van der Waals surface area contributed by atoms with Gasteiger partial charge in [0, 0.05) is 17.4 Å². The Bertz CT molecular complexity index is 28.9. The highest BCUT2D eigenvalue weighted by Crippen LogP contribution is 1.98. The predicted octanol–water partition coefficient (Wildman–Crippen LogP) is 0.826. The highest BCUT2D eigenvalue weighted by molar-refractivity contribution is 8.09. The molecule has 0 aliphatic rings. The van der Waals surface area contributed by atoms with Crippen molar-refractivity contribution in [1.82, 2.24) is 5.32 Å². The zero-order valence-electron chi connectivity index (χ0n) is 4.48. The Balaban J connectivity index is 2.45. The maximum absolute atomic E-state index is 4.03. The lowest BCUT2D eigenvalue weighted by atomic mass is 10.8. The van der Waals surface area contributed by atoms with E-state index in [1.165, 1.54) is 5.75 Å². The highest BCUT2D eigenvalue weighted by Gasteiger charge is 1.79. The van der Waals surface area contributed by atoms with E-state index in [2.05, 4.69) is 17.9 Å². The number of rotatable bonds is 4. The van der Waals surface area contributed by atoms with Crippen LogP contribution in [0.25, 0.3) is 0 Å². The molecule has 7 heavy (non-hydrogen) atoms. The minimum atomic E-state index is 0.932. The van der Waals surface area contributed by atoms with Gasteiger partial charge in [-0.15, -0.1) is 0 Å². The lowest BCUT2D eigenvalue weighted by molar-refractivity contribution is 0.872. The first-order valence-electron chi connectivity index (χ1n) is 2.25. The number of thiol groups is 1. The van der Waals surface area contributed by atoms with E-state index in [9.17, 15) is 0 Å². The van der Waals surface area contributed by atoms with Gasteiger partial charge in [-0.3, -0.25) is 0 Å². The van der Waals surface area contributed by atoms with Crippen molar-refractivity contribution >= 4 is 24.4 Å². The van der Waals surface area contributed by atoms with E-state index in [-0.39, 0.29) is 0 Å². The number of hydrogen-bond donors (Lipinski definition) is 2. The van der Waals surface area contributed by atoms with Crippen LogP contribution in [0.3, 0.4) is 0 Å². The topological polar surface area (TPSA) is 12.0 Å². The zero-order chi connectivity index (χ0) is 5.54. The summed E-state index contributed by atoms with van der Waals surface area (Å²) >= 11 is 5.86. The fraction of sp³-hybridized carbons (Fsp3) is 1.00. The second-order valence-electron chi connectivity index (χ2n) is 1.14. The van der Waals surface area contributed by atoms with Crippen molar-refractivity contribution < 1.29 is 0 Å². The van der Waals surface area contributed by atoms with Crippen molar-refractivity contribution in [3.8, 4) is 0 Å². The van der Waals surface area contributed by atoms with E-state index < -0.39 is 0 Å². The molecule has 0 saturated heterocycles. The first kappa shape index (κ1) is 7.66. The Morgan fingerprint density at radius 3 is 2.86 bits per heavy atom. The Labute approximate surface area is 54.7 Å². The van der Waals surface area contributed by atoms with Crippen molar-refractivity contribution in [2.75, 3.05) is 24.4 Å². The van der Waals surface area contributed by atoms with Gasteiger partial charge < -0.3 is 5.32 Å². The predicted molar refractivity (Wildman–Crippen MR) is 40.2 cm³/mol. The van der Waals surface area contributed by atoms with Gasteiger partial charge in [-0.2, -0.15) is 24.4 Å². The third-order valence-electron chi connectivity index (χ3n) is 0.588. The molecule has 0 radical (unpaired) electrons. The van der Waals surface area contributed by atoms with E-state index >= 15 is 0 Å². The Hall–Kier alpha value is 0.660. The zero-order valence-corrected chi connectivity index (χ0v) is 6.19. The molecule has 0 heterocycles. The molecule has 0 aliphatic heterocycles. The van der Waals surface area contributed by atoms with Gasteiger partial charge in [0.25, 0.3) is 0 Å². The molecule has 0 bridgehead atoms. The standard InChI is InChI=1S/C4H11NS2/c1-5-2-3-7-4-6/h5-6H,2-4H2,1H3. The van der Waals surface area contributed by atoms with Gasteiger partial charge >= 0.3 is 0 Å². The summed E-state index contributed by atoms with van der Waals surface area (Å²) in [4.78, 5) is 0. The largest absolute Gasteiger partial charge is 0.319 e. The van der Waals surface area contributed by atoms with Crippen molar-refractivity contribution in [3.63, 3.8) is 0 Å². The Kier molecular flexibility index (Phi) is 7.29. The number of nitrogens with one attached hydrogen (secondary N) is 1. The summed E-state index contributed by atoms with van der Waals surface area (Å²) in [5.41, 5.74) is 0. The molecule has 0 atom stereocenters. The third-order valence-corrected chi connectivity index (χ3v) is 1.81. The molecule has 1 N–H and O–H groups in total. The number of hydrogen-bond acceptors (Lipinski definition) is 3. The molecular formula is C4H11NS2. The van der Waals surface area contributed by atoms with Crippen LogP contribution < -0.4 is 5.32 Å². The maximum Gasteiger partial charge on any atom is 0.0362 e. The Morgan fingerprint density at radius 1 is 1.71 bits per heavy atom. The minimum absolute atomic E-state index is 0.932. The fourth-order valence-corrected chi connectivity index (χ4v) is 1.10. The van der Waals surface area contributed by atoms with E-state index in [0.717, 1.165) is 11.6 Å². The van der Waals surface area contributed by atoms with Crippen molar-refractivity contribution in [2.24, 2.45) is 0 Å². The molecule has 3 heteroatoms. The quantitative estimate of drug-likeness (QED) is 0.338. The molecule has 0 aliphatic carbocycles. The number of thioether (sulfide) groups is 1. The summed E-state index contributed by atoms with van der Waals surface area (Å²) in [6, 6.07) is 0. The van der Waals surface area contributed by atoms with E-state index in [4.69, 9.17) is 0 Å². The molecular weight excluding hydrogens is 126 g/mol. The normalized spacial score (nSPS) is 9.43. The molecule has 0 spiro atoms. The molecule has 0 aromatic rings. The van der Waals surface area contributed by atoms with E-state index in [0.29, 0.717) is 0 Å². The highest BCUT2D eigenvalue weighted by atomic mass is 32.2. The van der Waals surface area contributed by atoms with Gasteiger partial charge in [-0.25, -0.2) is 0 Å². The fourth-order valence-electron chi connectivity index (χ4n) is 0.239. The van der Waals surface area contributed by atoms with Crippen LogP contribution in [0, 0.1) is 0 Å². The summed E-state index contributed by atoms with van der Waals surface area (Å²) in [6.07, 6.45) is 0. The average molecular weight is 137 g/mol. The first-order valence-corrected chi connectivity index (χ1v) is 4.03. The molecule has 0 rings (SSSR count). The molecule has 0 saturated carbocycles. The second kappa shape index (κ2) is 6.66. The lowest BCUT2D eigenvalue weighted by Crippen LogP contribution is -2.09. The summed E-state index contributed by atoms with van der Waals surface area (Å²) in [6.45, 7) is 1.09. The first-order chi connectivity index (χ1) is 3.41. The van der Waals surface area contributed by atoms with Gasteiger partial charge in [-0.05, 0) is 7.05 Å². The lowest BCUT2D eigenvalue weighted by Gasteiger charge is -1.93. The Morgan fingerprint density at radius 2 is 2.43 bits per heavy atom. The van der Waals surface area contributed by atoms with Crippen LogP contribution in [-0.4, -0.2) is 24.4 Å². The van der Waals surface area contributed by atoms with Crippen molar-refractivity contribution in [2.45, 2.75) is 0 Å². The maximum atomic E-state index is 4.03. The van der Waals surface area contributed by atoms with Crippen LogP contribution in [0.1, 0.15) is 0 Å². The summed E-state index contributed by atoms with van der Waals surface area (Å²) in [7, 11) is 1.96. The molecule has 44 valence electrons. The molecule has 0 fully saturated rings. The van der Waals surface area contributed by atoms with Crippen LogP contribution >= 0.6 is 24.4 Å². The molecule has 0 unspecified atom stereocenters. The van der Waals surface area contributed by atoms with Gasteiger partial charge in [0.1, 0.15) is 0 Å². The van der Waals surface area contributed by atoms with Crippen molar-refractivity contribution in [3.05, 3.63) is 0 Å². The molecule has 0 aromatic carbocycles. The third kappa shape index (κ3) is 6.66. The van der Waals surface area contributed by atoms with Gasteiger partial charge in [0.05, 0.1) is 0 Å². The van der Waals surface area contributed by atoms with Crippen LogP contribution in [0.15, 0.2) is 0 Å². The minimum Gasteiger partial charge on any atom is -0.319 e. The van der Waals surface area contributed by atoms with Crippen LogP contribution in [0.2, 0.25) is 0 Å². The molecule has 0 amide bonds. The summed E-state index contributed by atoms with van der Waals surface area (Å²) < 4.78 is 0. The van der Waals surface area contributed by atoms with E-state index in [1.54, 1.807) is 0 Å². The van der Waals surface area contributed by atoms with Crippen LogP contribution in [0.5, 0.6) is 0 Å².